The Morgan fingerprint density at radius 2 is 2.50 bits per heavy atom. The minimum Gasteiger partial charge on any atom is -0.307 e. The van der Waals surface area contributed by atoms with Crippen molar-refractivity contribution in [2.24, 2.45) is 0 Å². The molecule has 1 N–H and O–H groups in total. The molecule has 0 fully saturated rings. The molecule has 0 amide bonds. The van der Waals surface area contributed by atoms with Crippen LogP contribution in [0.15, 0.2) is 11.4 Å². The molecule has 0 bridgehead atoms. The van der Waals surface area contributed by atoms with Gasteiger partial charge in [0.15, 0.2) is 5.78 Å². The van der Waals surface area contributed by atoms with Gasteiger partial charge >= 0.3 is 0 Å². The van der Waals surface area contributed by atoms with Crippen molar-refractivity contribution in [2.45, 2.75) is 19.4 Å². The van der Waals surface area contributed by atoms with Crippen molar-refractivity contribution in [1.82, 2.24) is 5.32 Å². The number of hydrogen-bond acceptors (Lipinski definition) is 3. The quantitative estimate of drug-likeness (QED) is 0.656. The van der Waals surface area contributed by atoms with Gasteiger partial charge in [0.05, 0.1) is 6.54 Å². The standard InChI is InChI=1S/C9H11NOS/c1-6-4-9-7(2-3-12-9)8(11)5-10-6/h2-3,6,10H,4-5H2,1H3. The highest BCUT2D eigenvalue weighted by atomic mass is 32.1. The number of fused-ring (bicyclic) bond motifs is 1. The van der Waals surface area contributed by atoms with Crippen LogP contribution in [0.2, 0.25) is 0 Å². The highest BCUT2D eigenvalue weighted by Gasteiger charge is 2.19. The monoisotopic (exact) mass is 181 g/mol. The third-order valence-electron chi connectivity index (χ3n) is 2.15. The number of nitrogens with one attached hydrogen (secondary N) is 1. The lowest BCUT2D eigenvalue weighted by Gasteiger charge is -2.06. The molecule has 1 unspecified atom stereocenters. The molecule has 1 aliphatic heterocycles. The molecule has 0 aliphatic carbocycles. The van der Waals surface area contributed by atoms with Crippen LogP contribution in [0.5, 0.6) is 0 Å². The van der Waals surface area contributed by atoms with Crippen molar-refractivity contribution in [3.63, 3.8) is 0 Å². The van der Waals surface area contributed by atoms with Gasteiger partial charge < -0.3 is 5.32 Å². The molecule has 64 valence electrons. The molecular weight excluding hydrogens is 170 g/mol. The molecule has 0 aromatic carbocycles. The summed E-state index contributed by atoms with van der Waals surface area (Å²) in [5.74, 6) is 0.232. The molecule has 2 nitrogen and oxygen atoms in total. The highest BCUT2D eigenvalue weighted by molar-refractivity contribution is 7.10. The number of Topliss-reactive ketones (excluding diaryl/α,β-unsaturated/α-hetero) is 1. The van der Waals surface area contributed by atoms with Crippen molar-refractivity contribution < 1.29 is 4.79 Å². The number of carbonyl (C=O) groups is 1. The molecule has 3 heteroatoms. The van der Waals surface area contributed by atoms with E-state index in [9.17, 15) is 4.79 Å². The lowest BCUT2D eigenvalue weighted by atomic mass is 10.1. The smallest absolute Gasteiger partial charge is 0.177 e. The second kappa shape index (κ2) is 2.99. The first-order valence-electron chi connectivity index (χ1n) is 4.10. The zero-order valence-corrected chi connectivity index (χ0v) is 7.78. The number of ketones is 1. The normalized spacial score (nSPS) is 23.4. The Morgan fingerprint density at radius 1 is 1.67 bits per heavy atom. The fourth-order valence-electron chi connectivity index (χ4n) is 1.46. The molecular formula is C9H11NOS. The largest absolute Gasteiger partial charge is 0.307 e. The molecule has 0 saturated carbocycles. The van der Waals surface area contributed by atoms with Gasteiger partial charge in [-0.25, -0.2) is 0 Å². The van der Waals surface area contributed by atoms with E-state index in [1.807, 2.05) is 11.4 Å². The van der Waals surface area contributed by atoms with E-state index in [-0.39, 0.29) is 5.78 Å². The number of rotatable bonds is 0. The van der Waals surface area contributed by atoms with Crippen LogP contribution in [0.1, 0.15) is 22.2 Å². The van der Waals surface area contributed by atoms with Crippen LogP contribution in [-0.4, -0.2) is 18.4 Å². The van der Waals surface area contributed by atoms with Gasteiger partial charge in [-0.3, -0.25) is 4.79 Å². The second-order valence-electron chi connectivity index (χ2n) is 3.17. The lowest BCUT2D eigenvalue weighted by molar-refractivity contribution is 0.0992. The van der Waals surface area contributed by atoms with Gasteiger partial charge in [0.25, 0.3) is 0 Å². The van der Waals surface area contributed by atoms with Crippen LogP contribution in [0, 0.1) is 0 Å². The number of hydrogen-bond donors (Lipinski definition) is 1. The van der Waals surface area contributed by atoms with Crippen LogP contribution in [0.4, 0.5) is 0 Å². The topological polar surface area (TPSA) is 29.1 Å². The summed E-state index contributed by atoms with van der Waals surface area (Å²) in [5, 5.41) is 5.18. The van der Waals surface area contributed by atoms with Gasteiger partial charge in [-0.15, -0.1) is 11.3 Å². The van der Waals surface area contributed by atoms with Crippen LogP contribution >= 0.6 is 11.3 Å². The van der Waals surface area contributed by atoms with Gasteiger partial charge in [0.2, 0.25) is 0 Å². The average Bonchev–Trinajstić information content (AvgIpc) is 2.44. The van der Waals surface area contributed by atoms with Gasteiger partial charge in [-0.05, 0) is 24.8 Å². The van der Waals surface area contributed by atoms with Crippen LogP contribution in [0.3, 0.4) is 0 Å². The third-order valence-corrected chi connectivity index (χ3v) is 3.09. The molecule has 2 heterocycles. The molecule has 0 saturated heterocycles. The first-order valence-corrected chi connectivity index (χ1v) is 4.98. The minimum absolute atomic E-state index is 0.232. The average molecular weight is 181 g/mol. The molecule has 1 aromatic heterocycles. The Morgan fingerprint density at radius 3 is 3.33 bits per heavy atom. The Hall–Kier alpha value is -0.670. The maximum atomic E-state index is 11.5. The predicted molar refractivity (Wildman–Crippen MR) is 49.8 cm³/mol. The Labute approximate surface area is 75.6 Å². The summed E-state index contributed by atoms with van der Waals surface area (Å²) in [5.41, 5.74) is 0.928. The predicted octanol–water partition coefficient (Wildman–Crippen LogP) is 1.46. The van der Waals surface area contributed by atoms with E-state index in [1.165, 1.54) is 4.88 Å². The first kappa shape index (κ1) is 7.95. The summed E-state index contributed by atoms with van der Waals surface area (Å²) in [4.78, 5) is 12.7. The third kappa shape index (κ3) is 1.30. The van der Waals surface area contributed by atoms with E-state index < -0.39 is 0 Å². The lowest BCUT2D eigenvalue weighted by Crippen LogP contribution is -2.29. The molecule has 2 rings (SSSR count). The van der Waals surface area contributed by atoms with Crippen LogP contribution < -0.4 is 5.32 Å². The van der Waals surface area contributed by atoms with Crippen molar-refractivity contribution in [3.8, 4) is 0 Å². The fraction of sp³-hybridized carbons (Fsp3) is 0.444. The Kier molecular flexibility index (Phi) is 1.98. The maximum absolute atomic E-state index is 11.5. The van der Waals surface area contributed by atoms with Crippen molar-refractivity contribution >= 4 is 17.1 Å². The number of carbonyl (C=O) groups excluding carboxylic acids is 1. The summed E-state index contributed by atoms with van der Waals surface area (Å²) < 4.78 is 0. The highest BCUT2D eigenvalue weighted by Crippen LogP contribution is 2.20. The van der Waals surface area contributed by atoms with Gasteiger partial charge in [-0.1, -0.05) is 0 Å². The Balaban J connectivity index is 2.38. The molecule has 12 heavy (non-hydrogen) atoms. The van der Waals surface area contributed by atoms with Crippen LogP contribution in [-0.2, 0) is 6.42 Å². The molecule has 0 spiro atoms. The van der Waals surface area contributed by atoms with Gasteiger partial charge in [0, 0.05) is 16.5 Å². The molecule has 1 atom stereocenters. The van der Waals surface area contributed by atoms with E-state index in [0.29, 0.717) is 12.6 Å². The van der Waals surface area contributed by atoms with E-state index in [0.717, 1.165) is 12.0 Å². The Bertz CT molecular complexity index is 305. The zero-order valence-electron chi connectivity index (χ0n) is 6.96. The van der Waals surface area contributed by atoms with Crippen molar-refractivity contribution in [2.75, 3.05) is 6.54 Å². The van der Waals surface area contributed by atoms with Crippen molar-refractivity contribution in [1.29, 1.82) is 0 Å². The molecule has 1 aliphatic rings. The fourth-order valence-corrected chi connectivity index (χ4v) is 2.48. The summed E-state index contributed by atoms with van der Waals surface area (Å²) >= 11 is 1.69. The summed E-state index contributed by atoms with van der Waals surface area (Å²) in [6, 6.07) is 2.36. The van der Waals surface area contributed by atoms with Crippen molar-refractivity contribution in [3.05, 3.63) is 21.9 Å². The second-order valence-corrected chi connectivity index (χ2v) is 4.17. The zero-order chi connectivity index (χ0) is 8.55. The first-order chi connectivity index (χ1) is 5.77. The van der Waals surface area contributed by atoms with E-state index in [1.54, 1.807) is 11.3 Å². The maximum Gasteiger partial charge on any atom is 0.177 e. The van der Waals surface area contributed by atoms with E-state index >= 15 is 0 Å². The van der Waals surface area contributed by atoms with Gasteiger partial charge in [-0.2, -0.15) is 0 Å². The summed E-state index contributed by atoms with van der Waals surface area (Å²) in [6.45, 7) is 2.60. The summed E-state index contributed by atoms with van der Waals surface area (Å²) in [6.07, 6.45) is 0.985. The van der Waals surface area contributed by atoms with E-state index in [4.69, 9.17) is 0 Å². The SMILES string of the molecule is CC1Cc2sccc2C(=O)CN1. The number of thiophene rings is 1. The minimum atomic E-state index is 0.232. The molecule has 1 aromatic rings. The van der Waals surface area contributed by atoms with E-state index in [2.05, 4.69) is 12.2 Å². The van der Waals surface area contributed by atoms with Crippen LogP contribution in [0.25, 0.3) is 0 Å². The molecule has 0 radical (unpaired) electrons. The van der Waals surface area contributed by atoms with Gasteiger partial charge in [0.1, 0.15) is 0 Å². The summed E-state index contributed by atoms with van der Waals surface area (Å²) in [7, 11) is 0.